The highest BCUT2D eigenvalue weighted by atomic mass is 32.2. The van der Waals surface area contributed by atoms with Crippen molar-refractivity contribution in [1.29, 1.82) is 5.26 Å². The second-order valence-electron chi connectivity index (χ2n) is 8.71. The van der Waals surface area contributed by atoms with Crippen LogP contribution < -0.4 is 5.32 Å². The topological polar surface area (TPSA) is 118 Å². The van der Waals surface area contributed by atoms with E-state index in [1.165, 1.54) is 36.7 Å². The van der Waals surface area contributed by atoms with Crippen molar-refractivity contribution in [2.75, 3.05) is 6.26 Å². The average Bonchev–Trinajstić information content (AvgIpc) is 3.55. The lowest BCUT2D eigenvalue weighted by Gasteiger charge is -2.12. The van der Waals surface area contributed by atoms with Gasteiger partial charge in [-0.1, -0.05) is 24.3 Å². The van der Waals surface area contributed by atoms with Gasteiger partial charge in [0.15, 0.2) is 9.84 Å². The fraction of sp³-hybridized carbons (Fsp3) is 0.107. The number of benzene rings is 3. The highest BCUT2D eigenvalue weighted by molar-refractivity contribution is 7.90. The number of nitrogens with one attached hydrogen (secondary N) is 1. The van der Waals surface area contributed by atoms with Crippen molar-refractivity contribution < 1.29 is 22.0 Å². The van der Waals surface area contributed by atoms with Crippen LogP contribution >= 0.6 is 0 Å². The minimum atomic E-state index is -3.31. The summed E-state index contributed by atoms with van der Waals surface area (Å²) < 4.78 is 44.3. The maximum Gasteiger partial charge on any atom is 0.243 e. The van der Waals surface area contributed by atoms with Gasteiger partial charge >= 0.3 is 0 Å². The number of carbonyl (C=O) groups is 1. The Morgan fingerprint density at radius 3 is 2.53 bits per heavy atom. The summed E-state index contributed by atoms with van der Waals surface area (Å²) in [6.45, 7) is 0.0523. The first-order valence-corrected chi connectivity index (χ1v) is 13.4. The Morgan fingerprint density at radius 1 is 1.08 bits per heavy atom. The average molecular weight is 529 g/mol. The zero-order valence-corrected chi connectivity index (χ0v) is 21.0. The van der Waals surface area contributed by atoms with Gasteiger partial charge in [0, 0.05) is 23.7 Å². The number of sulfone groups is 1. The Morgan fingerprint density at radius 2 is 1.84 bits per heavy atom. The third-order valence-corrected chi connectivity index (χ3v) is 7.27. The van der Waals surface area contributed by atoms with Gasteiger partial charge in [-0.25, -0.2) is 17.8 Å². The first kappa shape index (κ1) is 24.9. The molecule has 3 aromatic carbocycles. The van der Waals surface area contributed by atoms with Gasteiger partial charge in [0.2, 0.25) is 11.8 Å². The van der Waals surface area contributed by atoms with Crippen molar-refractivity contribution in [3.8, 4) is 28.8 Å². The Labute approximate surface area is 217 Å². The summed E-state index contributed by atoms with van der Waals surface area (Å²) in [5, 5.41) is 13.2. The number of nitrogens with zero attached hydrogens (tertiary/aromatic N) is 3. The van der Waals surface area contributed by atoms with Gasteiger partial charge in [-0.3, -0.25) is 4.79 Å². The van der Waals surface area contributed by atoms with Gasteiger partial charge < -0.3 is 14.3 Å². The molecule has 0 aliphatic carbocycles. The van der Waals surface area contributed by atoms with Crippen molar-refractivity contribution in [2.45, 2.75) is 18.0 Å². The maximum atomic E-state index is 13.8. The van der Waals surface area contributed by atoms with E-state index in [2.05, 4.69) is 16.4 Å². The molecule has 10 heteroatoms. The highest BCUT2D eigenvalue weighted by Gasteiger charge is 2.17. The van der Waals surface area contributed by atoms with Crippen molar-refractivity contribution in [2.24, 2.45) is 0 Å². The molecule has 0 fully saturated rings. The molecule has 0 saturated carbocycles. The third kappa shape index (κ3) is 5.05. The minimum Gasteiger partial charge on any atom is -0.443 e. The highest BCUT2D eigenvalue weighted by Crippen LogP contribution is 2.28. The van der Waals surface area contributed by atoms with Crippen LogP contribution in [0, 0.1) is 17.1 Å². The van der Waals surface area contributed by atoms with Gasteiger partial charge in [-0.15, -0.1) is 0 Å². The van der Waals surface area contributed by atoms with E-state index in [9.17, 15) is 22.9 Å². The van der Waals surface area contributed by atoms with E-state index in [4.69, 9.17) is 4.42 Å². The third-order valence-electron chi connectivity index (χ3n) is 6.14. The number of nitriles is 1. The van der Waals surface area contributed by atoms with Crippen molar-refractivity contribution >= 4 is 26.6 Å². The summed E-state index contributed by atoms with van der Waals surface area (Å²) in [6.07, 6.45) is 4.06. The molecule has 1 N–H and O–H groups in total. The molecule has 8 nitrogen and oxygen atoms in total. The number of hydrogen-bond acceptors (Lipinski definition) is 6. The first-order valence-electron chi connectivity index (χ1n) is 11.5. The number of carbonyl (C=O) groups excluding carboxylic acids is 1. The zero-order valence-electron chi connectivity index (χ0n) is 20.2. The molecule has 2 heterocycles. The number of fused-ring (bicyclic) bond motifs is 1. The normalized spacial score (nSPS) is 11.4. The summed E-state index contributed by atoms with van der Waals surface area (Å²) in [6, 6.07) is 19.9. The van der Waals surface area contributed by atoms with E-state index < -0.39 is 15.7 Å². The summed E-state index contributed by atoms with van der Waals surface area (Å²) in [5.41, 5.74) is 3.72. The van der Waals surface area contributed by atoms with E-state index >= 15 is 0 Å². The van der Waals surface area contributed by atoms with Crippen LogP contribution in [-0.2, 0) is 27.7 Å². The fourth-order valence-corrected chi connectivity index (χ4v) is 4.87. The van der Waals surface area contributed by atoms with Gasteiger partial charge in [0.1, 0.15) is 24.3 Å². The van der Waals surface area contributed by atoms with Gasteiger partial charge in [0.25, 0.3) is 0 Å². The number of amides is 1. The monoisotopic (exact) mass is 528 g/mol. The van der Waals surface area contributed by atoms with Crippen LogP contribution in [0.2, 0.25) is 0 Å². The second kappa shape index (κ2) is 9.95. The molecule has 5 aromatic rings. The van der Waals surface area contributed by atoms with E-state index in [1.807, 2.05) is 6.07 Å². The summed E-state index contributed by atoms with van der Waals surface area (Å²) in [4.78, 5) is 17.3. The van der Waals surface area contributed by atoms with Crippen LogP contribution in [0.1, 0.15) is 11.1 Å². The smallest absolute Gasteiger partial charge is 0.243 e. The molecule has 5 rings (SSSR count). The van der Waals surface area contributed by atoms with E-state index in [0.717, 1.165) is 17.4 Å². The van der Waals surface area contributed by atoms with Gasteiger partial charge in [0.05, 0.1) is 22.7 Å². The van der Waals surface area contributed by atoms with Crippen molar-refractivity contribution in [3.63, 3.8) is 0 Å². The number of hydrogen-bond donors (Lipinski definition) is 1. The van der Waals surface area contributed by atoms with Gasteiger partial charge in [-0.05, 0) is 59.2 Å². The quantitative estimate of drug-likeness (QED) is 0.327. The predicted octanol–water partition coefficient (Wildman–Crippen LogP) is 4.69. The number of rotatable bonds is 7. The number of aromatic nitrogens is 2. The Balaban J connectivity index is 1.34. The SMILES string of the molecule is CS(=O)(=O)c1ccc(-c2ccc(CNC(=O)Cn3c(-c4ncco4)cc4cc(F)ccc43)c(C#N)c2)cc1. The molecule has 190 valence electrons. The van der Waals surface area contributed by atoms with Crippen LogP contribution in [0.15, 0.2) is 88.5 Å². The molecule has 0 saturated heterocycles. The molecule has 0 aliphatic heterocycles. The van der Waals surface area contributed by atoms with Crippen LogP contribution in [0.3, 0.4) is 0 Å². The standard InChI is InChI=1S/C28H21FN4O4S/c1-38(35,36)24-7-4-18(5-8-24)19-2-3-20(22(12-19)15-30)16-32-27(34)17-33-25-9-6-23(29)13-21(25)14-26(33)28-31-10-11-37-28/h2-14H,16-17H2,1H3,(H,32,34). The van der Waals surface area contributed by atoms with Gasteiger partial charge in [-0.2, -0.15) is 5.26 Å². The lowest BCUT2D eigenvalue weighted by molar-refractivity contribution is -0.121. The molecule has 0 bridgehead atoms. The Kier molecular flexibility index (Phi) is 6.53. The van der Waals surface area contributed by atoms with Crippen LogP contribution in [-0.4, -0.2) is 30.1 Å². The van der Waals surface area contributed by atoms with Crippen molar-refractivity contribution in [3.05, 3.63) is 96.1 Å². The minimum absolute atomic E-state index is 0.0699. The predicted molar refractivity (Wildman–Crippen MR) is 139 cm³/mol. The summed E-state index contributed by atoms with van der Waals surface area (Å²) >= 11 is 0. The molecule has 0 unspecified atom stereocenters. The molecule has 0 radical (unpaired) electrons. The van der Waals surface area contributed by atoms with E-state index in [0.29, 0.717) is 33.6 Å². The summed E-state index contributed by atoms with van der Waals surface area (Å²) in [7, 11) is -3.31. The first-order chi connectivity index (χ1) is 18.2. The molecule has 0 spiro atoms. The largest absolute Gasteiger partial charge is 0.443 e. The second-order valence-corrected chi connectivity index (χ2v) is 10.7. The van der Waals surface area contributed by atoms with Crippen LogP contribution in [0.4, 0.5) is 4.39 Å². The molecule has 1 amide bonds. The molecule has 0 aliphatic rings. The number of oxazole rings is 1. The zero-order chi connectivity index (χ0) is 26.9. The number of halogens is 1. The van der Waals surface area contributed by atoms with Crippen LogP contribution in [0.25, 0.3) is 33.6 Å². The lowest BCUT2D eigenvalue weighted by Crippen LogP contribution is -2.27. The molecular weight excluding hydrogens is 507 g/mol. The molecular formula is C28H21FN4O4S. The van der Waals surface area contributed by atoms with Crippen LogP contribution in [0.5, 0.6) is 0 Å². The molecule has 2 aromatic heterocycles. The molecule has 38 heavy (non-hydrogen) atoms. The maximum absolute atomic E-state index is 13.8. The van der Waals surface area contributed by atoms with Crippen molar-refractivity contribution in [1.82, 2.24) is 14.9 Å². The van der Waals surface area contributed by atoms with E-state index in [-0.39, 0.29) is 23.9 Å². The fourth-order valence-electron chi connectivity index (χ4n) is 4.24. The van der Waals surface area contributed by atoms with E-state index in [1.54, 1.807) is 41.0 Å². The lowest BCUT2D eigenvalue weighted by atomic mass is 9.99. The molecule has 0 atom stereocenters. The Hall–Kier alpha value is -4.75. The summed E-state index contributed by atoms with van der Waals surface area (Å²) in [5.74, 6) is -0.401. The Bertz CT molecular complexity index is 1800.